The molecule has 0 fully saturated rings. The van der Waals surface area contributed by atoms with E-state index in [0.717, 1.165) is 17.5 Å². The lowest BCUT2D eigenvalue weighted by Crippen LogP contribution is -2.32. The van der Waals surface area contributed by atoms with Crippen molar-refractivity contribution in [3.8, 4) is 0 Å². The molecule has 0 saturated carbocycles. The molecule has 2 heterocycles. The van der Waals surface area contributed by atoms with Gasteiger partial charge in [0.15, 0.2) is 0 Å². The molecule has 0 aliphatic heterocycles. The summed E-state index contributed by atoms with van der Waals surface area (Å²) in [7, 11) is 0. The Bertz CT molecular complexity index is 577. The number of carbonyl (C=O) groups is 1. The maximum absolute atomic E-state index is 11.8. The van der Waals surface area contributed by atoms with E-state index < -0.39 is 0 Å². The second-order valence-electron chi connectivity index (χ2n) is 4.61. The Morgan fingerprint density at radius 1 is 1.58 bits per heavy atom. The van der Waals surface area contributed by atoms with Crippen LogP contribution in [-0.2, 0) is 11.3 Å². The molecule has 1 unspecified atom stereocenters. The number of fused-ring (bicyclic) bond motifs is 1. The summed E-state index contributed by atoms with van der Waals surface area (Å²) in [5.74, 6) is 0.448. The Hall–Kier alpha value is -2.11. The maximum atomic E-state index is 11.8. The molecule has 1 amide bonds. The van der Waals surface area contributed by atoms with Gasteiger partial charge in [-0.25, -0.2) is 4.98 Å². The predicted octanol–water partition coefficient (Wildman–Crippen LogP) is 1.32. The second-order valence-corrected chi connectivity index (χ2v) is 4.61. The summed E-state index contributed by atoms with van der Waals surface area (Å²) in [6.45, 7) is 4.55. The Kier molecular flexibility index (Phi) is 3.99. The van der Waals surface area contributed by atoms with Gasteiger partial charge < -0.3 is 15.6 Å². The van der Waals surface area contributed by atoms with Gasteiger partial charge in [-0.3, -0.25) is 9.78 Å². The van der Waals surface area contributed by atoms with Crippen LogP contribution in [0.3, 0.4) is 0 Å². The number of hydrogen-bond acceptors (Lipinski definition) is 4. The van der Waals surface area contributed by atoms with Gasteiger partial charge >= 0.3 is 0 Å². The van der Waals surface area contributed by atoms with Crippen molar-refractivity contribution < 1.29 is 4.79 Å². The summed E-state index contributed by atoms with van der Waals surface area (Å²) in [6, 6.07) is 2.05. The molecule has 0 aliphatic rings. The first kappa shape index (κ1) is 13.3. The topological polar surface area (TPSA) is 85.8 Å². The average molecular weight is 261 g/mol. The summed E-state index contributed by atoms with van der Waals surface area (Å²) in [5.41, 5.74) is 7.52. The molecule has 2 aromatic heterocycles. The average Bonchev–Trinajstić information content (AvgIpc) is 2.71. The van der Waals surface area contributed by atoms with E-state index >= 15 is 0 Å². The maximum Gasteiger partial charge on any atom is 0.222 e. The Balaban J connectivity index is 2.05. The molecule has 6 heteroatoms. The molecule has 0 spiro atoms. The predicted molar refractivity (Wildman–Crippen MR) is 74.5 cm³/mol. The molecule has 2 aromatic rings. The first-order valence-corrected chi connectivity index (χ1v) is 6.47. The van der Waals surface area contributed by atoms with Crippen molar-refractivity contribution in [3.63, 3.8) is 0 Å². The number of aryl methyl sites for hydroxylation is 1. The number of hydrogen-bond donors (Lipinski definition) is 2. The molecule has 102 valence electrons. The Labute approximate surface area is 112 Å². The van der Waals surface area contributed by atoms with E-state index in [0.29, 0.717) is 18.9 Å². The summed E-state index contributed by atoms with van der Waals surface area (Å²) in [4.78, 5) is 20.0. The summed E-state index contributed by atoms with van der Waals surface area (Å²) >= 11 is 0. The van der Waals surface area contributed by atoms with Gasteiger partial charge in [-0.15, -0.1) is 0 Å². The van der Waals surface area contributed by atoms with Gasteiger partial charge in [0.1, 0.15) is 5.52 Å². The minimum atomic E-state index is 0.0321. The molecule has 0 radical (unpaired) electrons. The number of anilines is 1. The first-order chi connectivity index (χ1) is 9.11. The van der Waals surface area contributed by atoms with Crippen LogP contribution < -0.4 is 11.1 Å². The number of amides is 1. The molecule has 2 rings (SSSR count). The molecule has 0 bridgehead atoms. The highest BCUT2D eigenvalue weighted by molar-refractivity contribution is 5.78. The van der Waals surface area contributed by atoms with Crippen LogP contribution in [0.25, 0.3) is 11.0 Å². The number of carbonyl (C=O) groups excluding carboxylic acids is 1. The highest BCUT2D eigenvalue weighted by atomic mass is 16.1. The van der Waals surface area contributed by atoms with E-state index in [-0.39, 0.29) is 11.9 Å². The summed E-state index contributed by atoms with van der Waals surface area (Å²) in [6.07, 6.45) is 4.68. The molecule has 3 N–H and O–H groups in total. The molecule has 0 saturated heterocycles. The fourth-order valence-electron chi connectivity index (χ4n) is 1.90. The number of pyridine rings is 1. The van der Waals surface area contributed by atoms with Gasteiger partial charge in [-0.1, -0.05) is 6.92 Å². The smallest absolute Gasteiger partial charge is 0.222 e. The second kappa shape index (κ2) is 5.69. The SMILES string of the molecule is CCC(C)NC(=O)CCn1c(N)nc2cnccc21. The van der Waals surface area contributed by atoms with E-state index in [4.69, 9.17) is 5.73 Å². The van der Waals surface area contributed by atoms with E-state index in [1.165, 1.54) is 0 Å². The lowest BCUT2D eigenvalue weighted by Gasteiger charge is -2.12. The Morgan fingerprint density at radius 3 is 3.11 bits per heavy atom. The zero-order valence-corrected chi connectivity index (χ0v) is 11.3. The third kappa shape index (κ3) is 3.01. The molecule has 0 aliphatic carbocycles. The van der Waals surface area contributed by atoms with Crippen molar-refractivity contribution in [2.75, 3.05) is 5.73 Å². The number of nitrogens with one attached hydrogen (secondary N) is 1. The summed E-state index contributed by atoms with van der Waals surface area (Å²) < 4.78 is 1.84. The molecule has 0 aromatic carbocycles. The van der Waals surface area contributed by atoms with Gasteiger partial charge in [0.05, 0.1) is 11.7 Å². The van der Waals surface area contributed by atoms with Crippen LogP contribution in [-0.4, -0.2) is 26.5 Å². The molecule has 6 nitrogen and oxygen atoms in total. The number of rotatable bonds is 5. The molecular formula is C13H19N5O. The molecule has 19 heavy (non-hydrogen) atoms. The quantitative estimate of drug-likeness (QED) is 0.850. The monoisotopic (exact) mass is 261 g/mol. The number of nitrogen functional groups attached to an aromatic ring is 1. The van der Waals surface area contributed by atoms with Crippen LogP contribution >= 0.6 is 0 Å². The molecular weight excluding hydrogens is 242 g/mol. The van der Waals surface area contributed by atoms with Gasteiger partial charge in [0.2, 0.25) is 11.9 Å². The van der Waals surface area contributed by atoms with Crippen molar-refractivity contribution in [3.05, 3.63) is 18.5 Å². The first-order valence-electron chi connectivity index (χ1n) is 6.47. The van der Waals surface area contributed by atoms with Crippen molar-refractivity contribution >= 4 is 22.9 Å². The van der Waals surface area contributed by atoms with Gasteiger partial charge in [-0.05, 0) is 19.4 Å². The fraction of sp³-hybridized carbons (Fsp3) is 0.462. The Morgan fingerprint density at radius 2 is 2.37 bits per heavy atom. The number of nitrogens with zero attached hydrogens (tertiary/aromatic N) is 3. The minimum absolute atomic E-state index is 0.0321. The van der Waals surface area contributed by atoms with Gasteiger partial charge in [0.25, 0.3) is 0 Å². The van der Waals surface area contributed by atoms with Crippen molar-refractivity contribution in [2.45, 2.75) is 39.3 Å². The lowest BCUT2D eigenvalue weighted by atomic mass is 10.2. The van der Waals surface area contributed by atoms with Crippen molar-refractivity contribution in [2.24, 2.45) is 0 Å². The standard InChI is InChI=1S/C13H19N5O/c1-3-9(2)16-12(19)5-7-18-11-4-6-15-8-10(11)17-13(18)14/h4,6,8-9H,3,5,7H2,1-2H3,(H2,14,17)(H,16,19). The molecule has 1 atom stereocenters. The largest absolute Gasteiger partial charge is 0.369 e. The number of aromatic nitrogens is 3. The van der Waals surface area contributed by atoms with Crippen molar-refractivity contribution in [1.82, 2.24) is 19.9 Å². The zero-order valence-electron chi connectivity index (χ0n) is 11.3. The highest BCUT2D eigenvalue weighted by Crippen LogP contribution is 2.16. The van der Waals surface area contributed by atoms with E-state index in [2.05, 4.69) is 15.3 Å². The van der Waals surface area contributed by atoms with Crippen LogP contribution in [0.2, 0.25) is 0 Å². The highest BCUT2D eigenvalue weighted by Gasteiger charge is 2.10. The van der Waals surface area contributed by atoms with Crippen LogP contribution in [0.15, 0.2) is 18.5 Å². The van der Waals surface area contributed by atoms with Crippen LogP contribution in [0.1, 0.15) is 26.7 Å². The number of nitrogens with two attached hydrogens (primary N) is 1. The zero-order chi connectivity index (χ0) is 13.8. The third-order valence-corrected chi connectivity index (χ3v) is 3.16. The van der Waals surface area contributed by atoms with Crippen molar-refractivity contribution in [1.29, 1.82) is 0 Å². The fourth-order valence-corrected chi connectivity index (χ4v) is 1.90. The number of imidazole rings is 1. The van der Waals surface area contributed by atoms with Gasteiger partial charge in [-0.2, -0.15) is 0 Å². The summed E-state index contributed by atoms with van der Waals surface area (Å²) in [5, 5.41) is 2.93. The lowest BCUT2D eigenvalue weighted by molar-refractivity contribution is -0.121. The minimum Gasteiger partial charge on any atom is -0.369 e. The van der Waals surface area contributed by atoms with E-state index in [9.17, 15) is 4.79 Å². The normalized spacial score (nSPS) is 12.5. The van der Waals surface area contributed by atoms with E-state index in [1.54, 1.807) is 12.4 Å². The van der Waals surface area contributed by atoms with Gasteiger partial charge in [0, 0.05) is 25.2 Å². The van der Waals surface area contributed by atoms with E-state index in [1.807, 2.05) is 24.5 Å². The van der Waals surface area contributed by atoms with Crippen LogP contribution in [0.5, 0.6) is 0 Å². The van der Waals surface area contributed by atoms with Crippen LogP contribution in [0, 0.1) is 0 Å². The third-order valence-electron chi connectivity index (χ3n) is 3.16. The van der Waals surface area contributed by atoms with Crippen LogP contribution in [0.4, 0.5) is 5.95 Å².